The number of benzene rings is 1. The molecule has 0 bridgehead atoms. The molecule has 1 aromatic heterocycles. The lowest BCUT2D eigenvalue weighted by Crippen LogP contribution is -2.03. The van der Waals surface area contributed by atoms with Crippen molar-refractivity contribution in [2.75, 3.05) is 20.3 Å². The number of hydrogen-bond acceptors (Lipinski definition) is 4. The highest BCUT2D eigenvalue weighted by molar-refractivity contribution is 5.86. The van der Waals surface area contributed by atoms with Gasteiger partial charge in [0.15, 0.2) is 0 Å². The Morgan fingerprint density at radius 2 is 2.00 bits per heavy atom. The third kappa shape index (κ3) is 5.18. The molecule has 2 rings (SSSR count). The van der Waals surface area contributed by atoms with Crippen LogP contribution in [0.1, 0.15) is 18.4 Å². The third-order valence-corrected chi connectivity index (χ3v) is 3.02. The summed E-state index contributed by atoms with van der Waals surface area (Å²) in [4.78, 5) is 11.6. The molecular weight excluding hydrogens is 280 g/mol. The summed E-state index contributed by atoms with van der Waals surface area (Å²) in [5, 5.41) is 4.26. The quantitative estimate of drug-likeness (QED) is 0.427. The fraction of sp³-hybridized carbons (Fsp3) is 0.294. The van der Waals surface area contributed by atoms with Crippen LogP contribution < -0.4 is 0 Å². The maximum atomic E-state index is 11.6. The van der Waals surface area contributed by atoms with Gasteiger partial charge in [0.25, 0.3) is 0 Å². The monoisotopic (exact) mass is 300 g/mol. The van der Waals surface area contributed by atoms with Crippen LogP contribution in [0.2, 0.25) is 0 Å². The molecule has 116 valence electrons. The number of hydrogen-bond donors (Lipinski definition) is 0. The van der Waals surface area contributed by atoms with E-state index in [1.165, 1.54) is 6.08 Å². The van der Waals surface area contributed by atoms with Crippen LogP contribution in [0.5, 0.6) is 0 Å². The maximum absolute atomic E-state index is 11.6. The number of esters is 1. The second-order valence-corrected chi connectivity index (χ2v) is 4.75. The van der Waals surface area contributed by atoms with E-state index in [-0.39, 0.29) is 5.97 Å². The molecule has 0 aliphatic heterocycles. The predicted octanol–water partition coefficient (Wildman–Crippen LogP) is 2.86. The van der Waals surface area contributed by atoms with Crippen molar-refractivity contribution >= 4 is 12.0 Å². The Kier molecular flexibility index (Phi) is 6.39. The Hall–Kier alpha value is -2.40. The van der Waals surface area contributed by atoms with E-state index in [0.717, 1.165) is 24.1 Å². The van der Waals surface area contributed by atoms with Gasteiger partial charge in [-0.25, -0.2) is 9.48 Å². The number of ether oxygens (including phenoxy) is 2. The summed E-state index contributed by atoms with van der Waals surface area (Å²) in [7, 11) is 1.66. The minimum Gasteiger partial charge on any atom is -0.463 e. The van der Waals surface area contributed by atoms with Crippen LogP contribution >= 0.6 is 0 Å². The van der Waals surface area contributed by atoms with Gasteiger partial charge in [0.2, 0.25) is 0 Å². The number of nitrogens with zero attached hydrogens (tertiary/aromatic N) is 2. The van der Waals surface area contributed by atoms with Crippen LogP contribution in [-0.2, 0) is 14.3 Å². The SMILES string of the molecule is COCCCCOC(=O)/C=C/c1cnn(-c2ccccc2)c1. The van der Waals surface area contributed by atoms with Gasteiger partial charge in [0, 0.05) is 31.6 Å². The summed E-state index contributed by atoms with van der Waals surface area (Å²) in [6, 6.07) is 9.79. The summed E-state index contributed by atoms with van der Waals surface area (Å²) in [6.45, 7) is 1.10. The average molecular weight is 300 g/mol. The van der Waals surface area contributed by atoms with E-state index in [2.05, 4.69) is 5.10 Å². The second kappa shape index (κ2) is 8.79. The van der Waals surface area contributed by atoms with Crippen LogP contribution in [0, 0.1) is 0 Å². The lowest BCUT2D eigenvalue weighted by molar-refractivity contribution is -0.137. The normalized spacial score (nSPS) is 11.0. The highest BCUT2D eigenvalue weighted by Crippen LogP contribution is 2.08. The Bertz CT molecular complexity index is 605. The molecule has 0 aliphatic rings. The van der Waals surface area contributed by atoms with E-state index in [4.69, 9.17) is 9.47 Å². The molecule has 5 nitrogen and oxygen atoms in total. The summed E-state index contributed by atoms with van der Waals surface area (Å²) < 4.78 is 11.8. The van der Waals surface area contributed by atoms with Crippen molar-refractivity contribution in [3.05, 3.63) is 54.4 Å². The highest BCUT2D eigenvalue weighted by Gasteiger charge is 2.00. The van der Waals surface area contributed by atoms with Crippen LogP contribution in [0.25, 0.3) is 11.8 Å². The summed E-state index contributed by atoms with van der Waals surface area (Å²) in [5.74, 6) is -0.343. The Morgan fingerprint density at radius 1 is 1.23 bits per heavy atom. The average Bonchev–Trinajstić information content (AvgIpc) is 3.02. The number of aromatic nitrogens is 2. The maximum Gasteiger partial charge on any atom is 0.330 e. The molecule has 0 aliphatic carbocycles. The Morgan fingerprint density at radius 3 is 2.77 bits per heavy atom. The number of carbonyl (C=O) groups excluding carboxylic acids is 1. The Labute approximate surface area is 130 Å². The van der Waals surface area contributed by atoms with Gasteiger partial charge in [-0.2, -0.15) is 5.10 Å². The first-order valence-corrected chi connectivity index (χ1v) is 7.23. The zero-order valence-corrected chi connectivity index (χ0v) is 12.6. The van der Waals surface area contributed by atoms with Crippen molar-refractivity contribution in [2.24, 2.45) is 0 Å². The number of unbranched alkanes of at least 4 members (excludes halogenated alkanes) is 1. The van der Waals surface area contributed by atoms with Gasteiger partial charge < -0.3 is 9.47 Å². The van der Waals surface area contributed by atoms with Gasteiger partial charge in [-0.3, -0.25) is 0 Å². The molecule has 0 fully saturated rings. The van der Waals surface area contributed by atoms with Crippen LogP contribution in [-0.4, -0.2) is 36.1 Å². The molecule has 1 aromatic carbocycles. The van der Waals surface area contributed by atoms with Crippen molar-refractivity contribution in [1.29, 1.82) is 0 Å². The zero-order chi connectivity index (χ0) is 15.6. The molecule has 2 aromatic rings. The molecule has 0 radical (unpaired) electrons. The van der Waals surface area contributed by atoms with E-state index in [9.17, 15) is 4.79 Å². The van der Waals surface area contributed by atoms with Gasteiger partial charge in [0.05, 0.1) is 18.5 Å². The second-order valence-electron chi connectivity index (χ2n) is 4.75. The molecular formula is C17H20N2O3. The van der Waals surface area contributed by atoms with E-state index < -0.39 is 0 Å². The molecule has 0 atom stereocenters. The lowest BCUT2D eigenvalue weighted by atomic mass is 10.3. The fourth-order valence-electron chi connectivity index (χ4n) is 1.88. The largest absolute Gasteiger partial charge is 0.463 e. The van der Waals surface area contributed by atoms with E-state index >= 15 is 0 Å². The van der Waals surface area contributed by atoms with E-state index in [0.29, 0.717) is 13.2 Å². The third-order valence-electron chi connectivity index (χ3n) is 3.02. The summed E-state index contributed by atoms with van der Waals surface area (Å²) in [5.41, 5.74) is 1.82. The van der Waals surface area contributed by atoms with Crippen molar-refractivity contribution in [2.45, 2.75) is 12.8 Å². The minimum absolute atomic E-state index is 0.343. The first-order valence-electron chi connectivity index (χ1n) is 7.23. The van der Waals surface area contributed by atoms with Crippen molar-refractivity contribution < 1.29 is 14.3 Å². The highest BCUT2D eigenvalue weighted by atomic mass is 16.5. The van der Waals surface area contributed by atoms with Gasteiger partial charge in [-0.15, -0.1) is 0 Å². The van der Waals surface area contributed by atoms with Crippen LogP contribution in [0.15, 0.2) is 48.8 Å². The molecule has 1 heterocycles. The smallest absolute Gasteiger partial charge is 0.330 e. The van der Waals surface area contributed by atoms with Gasteiger partial charge >= 0.3 is 5.97 Å². The number of carbonyl (C=O) groups is 1. The molecule has 0 spiro atoms. The van der Waals surface area contributed by atoms with Crippen LogP contribution in [0.4, 0.5) is 0 Å². The number of rotatable bonds is 8. The van der Waals surface area contributed by atoms with Gasteiger partial charge in [-0.1, -0.05) is 18.2 Å². The van der Waals surface area contributed by atoms with E-state index in [1.807, 2.05) is 36.5 Å². The molecule has 0 saturated carbocycles. The molecule has 0 unspecified atom stereocenters. The van der Waals surface area contributed by atoms with Gasteiger partial charge in [-0.05, 0) is 31.1 Å². The molecule has 22 heavy (non-hydrogen) atoms. The van der Waals surface area contributed by atoms with Crippen molar-refractivity contribution in [3.63, 3.8) is 0 Å². The standard InChI is InChI=1S/C17H20N2O3/c1-21-11-5-6-12-22-17(20)10-9-15-13-18-19(14-15)16-7-3-2-4-8-16/h2-4,7-10,13-14H,5-6,11-12H2,1H3/b10-9+. The molecule has 0 N–H and O–H groups in total. The van der Waals surface area contributed by atoms with Crippen LogP contribution in [0.3, 0.4) is 0 Å². The molecule has 0 amide bonds. The Balaban J connectivity index is 1.81. The number of methoxy groups -OCH3 is 1. The fourth-order valence-corrected chi connectivity index (χ4v) is 1.88. The topological polar surface area (TPSA) is 53.4 Å². The summed E-state index contributed by atoms with van der Waals surface area (Å²) >= 11 is 0. The first kappa shape index (κ1) is 16.0. The van der Waals surface area contributed by atoms with Crippen molar-refractivity contribution in [1.82, 2.24) is 9.78 Å². The minimum atomic E-state index is -0.343. The molecule has 5 heteroatoms. The number of para-hydroxylation sites is 1. The summed E-state index contributed by atoms with van der Waals surface area (Å²) in [6.07, 6.45) is 8.37. The zero-order valence-electron chi connectivity index (χ0n) is 12.6. The first-order chi connectivity index (χ1) is 10.8. The predicted molar refractivity (Wildman–Crippen MR) is 84.7 cm³/mol. The molecule has 0 saturated heterocycles. The van der Waals surface area contributed by atoms with Gasteiger partial charge in [0.1, 0.15) is 0 Å². The lowest BCUT2D eigenvalue weighted by Gasteiger charge is -2.01. The van der Waals surface area contributed by atoms with Crippen molar-refractivity contribution in [3.8, 4) is 5.69 Å². The van der Waals surface area contributed by atoms with E-state index in [1.54, 1.807) is 24.1 Å².